The number of hydrogen-bond acceptors (Lipinski definition) is 4. The van der Waals surface area contributed by atoms with E-state index in [2.05, 4.69) is 5.32 Å². The van der Waals surface area contributed by atoms with Gasteiger partial charge in [-0.2, -0.15) is 0 Å². The molecule has 4 rings (SSSR count). The normalized spacial score (nSPS) is 14.6. The van der Waals surface area contributed by atoms with E-state index in [9.17, 15) is 22.4 Å². The molecule has 0 saturated carbocycles. The van der Waals surface area contributed by atoms with E-state index in [1.165, 1.54) is 15.3 Å². The quantitative estimate of drug-likeness (QED) is 0.442. The van der Waals surface area contributed by atoms with E-state index in [4.69, 9.17) is 0 Å². The molecule has 1 atom stereocenters. The molecule has 190 valence electrons. The molecule has 0 spiro atoms. The zero-order valence-corrected chi connectivity index (χ0v) is 21.2. The number of nitrogens with one attached hydrogen (secondary N) is 1. The smallest absolute Gasteiger partial charge is 0.265 e. The van der Waals surface area contributed by atoms with Crippen LogP contribution in [0.25, 0.3) is 10.8 Å². The van der Waals surface area contributed by atoms with Crippen molar-refractivity contribution < 1.29 is 22.4 Å². The van der Waals surface area contributed by atoms with Gasteiger partial charge in [-0.1, -0.05) is 49.4 Å². The van der Waals surface area contributed by atoms with E-state index in [0.717, 1.165) is 11.8 Å². The first-order valence-electron chi connectivity index (χ1n) is 12.1. The monoisotopic (exact) mass is 511 g/mol. The first-order valence-corrected chi connectivity index (χ1v) is 13.5. The van der Waals surface area contributed by atoms with Crippen LogP contribution in [0.5, 0.6) is 0 Å². The number of nitrogens with zero attached hydrogens (tertiary/aromatic N) is 2. The van der Waals surface area contributed by atoms with Crippen LogP contribution < -0.4 is 9.62 Å². The topological polar surface area (TPSA) is 86.8 Å². The van der Waals surface area contributed by atoms with E-state index in [1.54, 1.807) is 43.3 Å². The van der Waals surface area contributed by atoms with Crippen molar-refractivity contribution in [1.82, 2.24) is 10.2 Å². The summed E-state index contributed by atoms with van der Waals surface area (Å²) in [5.41, 5.74) is 0.913. The fraction of sp³-hybridized carbons (Fsp3) is 0.333. The lowest BCUT2D eigenvalue weighted by Gasteiger charge is -2.29. The second kappa shape index (κ2) is 10.7. The van der Waals surface area contributed by atoms with E-state index >= 15 is 0 Å². The molecule has 9 heteroatoms. The Kier molecular flexibility index (Phi) is 7.59. The predicted octanol–water partition coefficient (Wildman–Crippen LogP) is 4.21. The lowest BCUT2D eigenvalue weighted by molar-refractivity contribution is -0.140. The molecule has 1 aliphatic heterocycles. The number of benzene rings is 3. The summed E-state index contributed by atoms with van der Waals surface area (Å²) in [7, 11) is -3.72. The SMILES string of the molecule is CCCNC(=O)[C@@H](C)N(Cc1ccccc1F)C(=O)CCCN1c2cccc3cccc(c23)S1(=O)=O. The second-order valence-electron chi connectivity index (χ2n) is 8.89. The number of rotatable bonds is 10. The highest BCUT2D eigenvalue weighted by Crippen LogP contribution is 2.42. The van der Waals surface area contributed by atoms with Crippen molar-refractivity contribution >= 4 is 38.3 Å². The van der Waals surface area contributed by atoms with Crippen molar-refractivity contribution in [2.45, 2.75) is 50.6 Å². The van der Waals surface area contributed by atoms with Crippen LogP contribution in [-0.4, -0.2) is 44.3 Å². The molecule has 0 fully saturated rings. The van der Waals surface area contributed by atoms with Crippen molar-refractivity contribution in [3.8, 4) is 0 Å². The maximum Gasteiger partial charge on any atom is 0.265 e. The van der Waals surface area contributed by atoms with E-state index in [0.29, 0.717) is 23.2 Å². The predicted molar refractivity (Wildman–Crippen MR) is 137 cm³/mol. The van der Waals surface area contributed by atoms with Crippen molar-refractivity contribution in [2.75, 3.05) is 17.4 Å². The average Bonchev–Trinajstić information content (AvgIpc) is 3.09. The first kappa shape index (κ1) is 25.6. The summed E-state index contributed by atoms with van der Waals surface area (Å²) in [5, 5.41) is 4.32. The summed E-state index contributed by atoms with van der Waals surface area (Å²) in [5.74, 6) is -1.11. The summed E-state index contributed by atoms with van der Waals surface area (Å²) < 4.78 is 42.1. The molecule has 0 aromatic heterocycles. The van der Waals surface area contributed by atoms with Gasteiger partial charge < -0.3 is 10.2 Å². The molecule has 36 heavy (non-hydrogen) atoms. The van der Waals surface area contributed by atoms with Gasteiger partial charge in [-0.05, 0) is 43.4 Å². The molecule has 1 heterocycles. The van der Waals surface area contributed by atoms with Gasteiger partial charge in [-0.25, -0.2) is 12.8 Å². The van der Waals surface area contributed by atoms with Gasteiger partial charge in [0.1, 0.15) is 11.9 Å². The average molecular weight is 512 g/mol. The maximum atomic E-state index is 14.3. The molecule has 3 aromatic rings. The van der Waals surface area contributed by atoms with Crippen LogP contribution >= 0.6 is 0 Å². The Balaban J connectivity index is 1.50. The van der Waals surface area contributed by atoms with Crippen LogP contribution in [0.1, 0.15) is 38.7 Å². The highest BCUT2D eigenvalue weighted by Gasteiger charge is 2.35. The van der Waals surface area contributed by atoms with Gasteiger partial charge in [0.25, 0.3) is 10.0 Å². The largest absolute Gasteiger partial charge is 0.354 e. The number of carbonyl (C=O) groups is 2. The van der Waals surface area contributed by atoms with Gasteiger partial charge in [0.2, 0.25) is 11.8 Å². The van der Waals surface area contributed by atoms with Gasteiger partial charge in [0.15, 0.2) is 0 Å². The van der Waals surface area contributed by atoms with Crippen molar-refractivity contribution in [3.63, 3.8) is 0 Å². The van der Waals surface area contributed by atoms with Crippen molar-refractivity contribution in [1.29, 1.82) is 0 Å². The molecule has 1 aliphatic rings. The first-order chi connectivity index (χ1) is 17.3. The number of sulfonamides is 1. The highest BCUT2D eigenvalue weighted by atomic mass is 32.2. The molecular weight excluding hydrogens is 481 g/mol. The lowest BCUT2D eigenvalue weighted by Crippen LogP contribution is -2.48. The number of hydrogen-bond donors (Lipinski definition) is 1. The summed E-state index contributed by atoms with van der Waals surface area (Å²) >= 11 is 0. The Morgan fingerprint density at radius 1 is 1.06 bits per heavy atom. The highest BCUT2D eigenvalue weighted by molar-refractivity contribution is 7.93. The molecule has 0 bridgehead atoms. The second-order valence-corrected chi connectivity index (χ2v) is 10.7. The van der Waals surface area contributed by atoms with Gasteiger partial charge in [-0.15, -0.1) is 0 Å². The molecular formula is C27H30FN3O4S. The Morgan fingerprint density at radius 2 is 1.78 bits per heavy atom. The fourth-order valence-electron chi connectivity index (χ4n) is 4.51. The Morgan fingerprint density at radius 3 is 2.50 bits per heavy atom. The fourth-order valence-corrected chi connectivity index (χ4v) is 6.25. The van der Waals surface area contributed by atoms with Crippen LogP contribution in [0, 0.1) is 5.82 Å². The van der Waals surface area contributed by atoms with Gasteiger partial charge >= 0.3 is 0 Å². The minimum atomic E-state index is -3.72. The van der Waals surface area contributed by atoms with Gasteiger partial charge in [0, 0.05) is 37.0 Å². The summed E-state index contributed by atoms with van der Waals surface area (Å²) in [4.78, 5) is 27.5. The van der Waals surface area contributed by atoms with Crippen LogP contribution in [0.4, 0.5) is 10.1 Å². The van der Waals surface area contributed by atoms with E-state index in [-0.39, 0.29) is 42.6 Å². The maximum absolute atomic E-state index is 14.3. The number of halogens is 1. The van der Waals surface area contributed by atoms with Gasteiger partial charge in [0.05, 0.1) is 10.6 Å². The summed E-state index contributed by atoms with van der Waals surface area (Å²) in [6.45, 7) is 4.08. The third-order valence-electron chi connectivity index (χ3n) is 6.45. The standard InChI is InChI=1S/C27H30FN3O4S/c1-3-16-29-27(33)19(2)30(18-21-9-4-5-12-22(21)28)25(32)15-8-17-31-23-13-6-10-20-11-7-14-24(26(20)23)36(31,34)35/h4-7,9-14,19H,3,8,15-18H2,1-2H3,(H,29,33)/t19-/m1/s1. The van der Waals surface area contributed by atoms with Crippen LogP contribution in [0.2, 0.25) is 0 Å². The zero-order chi connectivity index (χ0) is 25.9. The zero-order valence-electron chi connectivity index (χ0n) is 20.4. The molecule has 3 aromatic carbocycles. The van der Waals surface area contributed by atoms with Crippen molar-refractivity contribution in [3.05, 3.63) is 72.0 Å². The van der Waals surface area contributed by atoms with E-state index in [1.807, 2.05) is 25.1 Å². The third-order valence-corrected chi connectivity index (χ3v) is 8.30. The van der Waals surface area contributed by atoms with Crippen molar-refractivity contribution in [2.24, 2.45) is 0 Å². The minimum Gasteiger partial charge on any atom is -0.354 e. The molecule has 0 unspecified atom stereocenters. The Bertz CT molecular complexity index is 1390. The minimum absolute atomic E-state index is 0.0121. The lowest BCUT2D eigenvalue weighted by atomic mass is 10.1. The molecule has 0 radical (unpaired) electrons. The number of anilines is 1. The molecule has 0 saturated heterocycles. The molecule has 2 amide bonds. The summed E-state index contributed by atoms with van der Waals surface area (Å²) in [6.07, 6.45) is 1.01. The molecule has 7 nitrogen and oxygen atoms in total. The van der Waals surface area contributed by atoms with Gasteiger partial charge in [-0.3, -0.25) is 13.9 Å². The third kappa shape index (κ3) is 4.93. The summed E-state index contributed by atoms with van der Waals surface area (Å²) in [6, 6.07) is 16.0. The number of amides is 2. The van der Waals surface area contributed by atoms with E-state index < -0.39 is 21.9 Å². The number of carbonyl (C=O) groups excluding carboxylic acids is 2. The Hall–Kier alpha value is -3.46. The molecule has 1 N–H and O–H groups in total. The van der Waals surface area contributed by atoms with Crippen LogP contribution in [-0.2, 0) is 26.2 Å². The Labute approximate surface area is 210 Å². The molecule has 0 aliphatic carbocycles. The van der Waals surface area contributed by atoms with Crippen LogP contribution in [0.3, 0.4) is 0 Å². The van der Waals surface area contributed by atoms with Crippen LogP contribution in [0.15, 0.2) is 65.6 Å².